The number of aromatic nitrogens is 1. The number of carbonyl (C=O) groups excluding carboxylic acids is 1. The summed E-state index contributed by atoms with van der Waals surface area (Å²) in [6, 6.07) is 7.37. The molecule has 2 aromatic rings. The Bertz CT molecular complexity index is 799. The third kappa shape index (κ3) is 3.72. The molecule has 2 heterocycles. The Morgan fingerprint density at radius 2 is 2.30 bits per heavy atom. The molecule has 0 spiro atoms. The lowest BCUT2D eigenvalue weighted by Crippen LogP contribution is -2.29. The van der Waals surface area contributed by atoms with Crippen molar-refractivity contribution >= 4 is 57.0 Å². The summed E-state index contributed by atoms with van der Waals surface area (Å²) in [4.78, 5) is 23.4. The molecule has 0 radical (unpaired) electrons. The lowest BCUT2D eigenvalue weighted by atomic mass is 10.2. The average Bonchev–Trinajstić information content (AvgIpc) is 3.12. The number of hydrogen-bond donors (Lipinski definition) is 0. The van der Waals surface area contributed by atoms with E-state index >= 15 is 0 Å². The molecule has 1 aromatic carbocycles. The zero-order valence-corrected chi connectivity index (χ0v) is 14.4. The number of carbonyl (C=O) groups is 1. The fourth-order valence-corrected chi connectivity index (χ4v) is 3.73. The van der Waals surface area contributed by atoms with Gasteiger partial charge in [-0.25, -0.2) is 4.98 Å². The summed E-state index contributed by atoms with van der Waals surface area (Å²) in [5.41, 5.74) is 0.877. The minimum absolute atomic E-state index is 0.0924. The first-order valence-electron chi connectivity index (χ1n) is 6.73. The quantitative estimate of drug-likeness (QED) is 0.591. The Hall–Kier alpha value is -1.89. The molecular weight excluding hydrogens is 350 g/mol. The van der Waals surface area contributed by atoms with E-state index in [1.54, 1.807) is 23.2 Å². The van der Waals surface area contributed by atoms with E-state index in [9.17, 15) is 4.79 Å². The first-order valence-corrected chi connectivity index (χ1v) is 8.81. The summed E-state index contributed by atoms with van der Waals surface area (Å²) >= 11 is 8.75. The normalized spacial score (nSPS) is 18.1. The number of thiazole rings is 1. The van der Waals surface area contributed by atoms with Crippen molar-refractivity contribution in [2.75, 3.05) is 6.54 Å². The SMILES string of the molecule is C=CCN1C(=O)/C(=C/c2cccc(Cl)c2)S/C1=N/c1nccs1. The number of halogens is 1. The fraction of sp³-hybridized carbons (Fsp3) is 0.0625. The van der Waals surface area contributed by atoms with E-state index in [4.69, 9.17) is 11.6 Å². The zero-order valence-electron chi connectivity index (χ0n) is 12.0. The maximum atomic E-state index is 12.6. The molecule has 1 amide bonds. The van der Waals surface area contributed by atoms with Crippen LogP contribution in [0.1, 0.15) is 5.56 Å². The highest BCUT2D eigenvalue weighted by Crippen LogP contribution is 2.34. The third-order valence-electron chi connectivity index (χ3n) is 2.96. The second-order valence-corrected chi connectivity index (χ2v) is 6.90. The third-order valence-corrected chi connectivity index (χ3v) is 4.86. The Kier molecular flexibility index (Phi) is 4.95. The first kappa shape index (κ1) is 16.0. The number of benzene rings is 1. The van der Waals surface area contributed by atoms with Crippen LogP contribution in [0, 0.1) is 0 Å². The molecular formula is C16H12ClN3OS2. The van der Waals surface area contributed by atoms with Gasteiger partial charge < -0.3 is 0 Å². The molecule has 1 aromatic heterocycles. The Morgan fingerprint density at radius 3 is 3.00 bits per heavy atom. The van der Waals surface area contributed by atoms with E-state index in [-0.39, 0.29) is 5.91 Å². The molecule has 23 heavy (non-hydrogen) atoms. The Balaban J connectivity index is 1.94. The second-order valence-electron chi connectivity index (χ2n) is 4.58. The molecule has 3 rings (SSSR count). The second kappa shape index (κ2) is 7.12. The van der Waals surface area contributed by atoms with Crippen LogP contribution in [-0.4, -0.2) is 27.5 Å². The lowest BCUT2D eigenvalue weighted by molar-refractivity contribution is -0.121. The number of rotatable bonds is 4. The highest BCUT2D eigenvalue weighted by Gasteiger charge is 2.32. The number of amides is 1. The van der Waals surface area contributed by atoms with Gasteiger partial charge in [0.05, 0.1) is 4.91 Å². The number of amidine groups is 1. The summed E-state index contributed by atoms with van der Waals surface area (Å²) in [5, 5.41) is 3.72. The van der Waals surface area contributed by atoms with Gasteiger partial charge in [-0.05, 0) is 35.5 Å². The van der Waals surface area contributed by atoms with Gasteiger partial charge in [0.25, 0.3) is 5.91 Å². The van der Waals surface area contributed by atoms with Crippen LogP contribution in [0.15, 0.2) is 58.4 Å². The van der Waals surface area contributed by atoms with Gasteiger partial charge in [-0.3, -0.25) is 9.69 Å². The Labute approximate surface area is 147 Å². The number of thioether (sulfide) groups is 1. The highest BCUT2D eigenvalue weighted by atomic mass is 35.5. The summed E-state index contributed by atoms with van der Waals surface area (Å²) in [7, 11) is 0. The van der Waals surface area contributed by atoms with Crippen LogP contribution in [0.25, 0.3) is 6.08 Å². The molecule has 1 fully saturated rings. The van der Waals surface area contributed by atoms with Gasteiger partial charge in [0.15, 0.2) is 5.17 Å². The number of nitrogens with zero attached hydrogens (tertiary/aromatic N) is 3. The lowest BCUT2D eigenvalue weighted by Gasteiger charge is -2.11. The smallest absolute Gasteiger partial charge is 0.267 e. The van der Waals surface area contributed by atoms with Crippen LogP contribution in [0.4, 0.5) is 5.13 Å². The van der Waals surface area contributed by atoms with Crippen molar-refractivity contribution in [1.82, 2.24) is 9.88 Å². The molecule has 1 saturated heterocycles. The molecule has 0 atom stereocenters. The monoisotopic (exact) mass is 361 g/mol. The van der Waals surface area contributed by atoms with E-state index in [1.165, 1.54) is 23.1 Å². The summed E-state index contributed by atoms with van der Waals surface area (Å²) in [6.07, 6.45) is 5.18. The largest absolute Gasteiger partial charge is 0.282 e. The Morgan fingerprint density at radius 1 is 1.43 bits per heavy atom. The van der Waals surface area contributed by atoms with Crippen LogP contribution < -0.4 is 0 Å². The van der Waals surface area contributed by atoms with E-state index < -0.39 is 0 Å². The number of aliphatic imine (C=N–C) groups is 1. The van der Waals surface area contributed by atoms with Crippen molar-refractivity contribution in [3.63, 3.8) is 0 Å². The van der Waals surface area contributed by atoms with Crippen molar-refractivity contribution in [3.05, 3.63) is 64.0 Å². The molecule has 0 N–H and O–H groups in total. The van der Waals surface area contributed by atoms with Gasteiger partial charge in [-0.1, -0.05) is 29.8 Å². The summed E-state index contributed by atoms with van der Waals surface area (Å²) in [5.74, 6) is -0.0924. The molecule has 0 bridgehead atoms. The van der Waals surface area contributed by atoms with E-state index in [1.807, 2.05) is 29.7 Å². The van der Waals surface area contributed by atoms with Crippen molar-refractivity contribution in [3.8, 4) is 0 Å². The van der Waals surface area contributed by atoms with Gasteiger partial charge in [0.2, 0.25) is 5.13 Å². The van der Waals surface area contributed by atoms with Crippen molar-refractivity contribution < 1.29 is 4.79 Å². The molecule has 0 saturated carbocycles. The van der Waals surface area contributed by atoms with Crippen LogP contribution in [0.2, 0.25) is 5.02 Å². The van der Waals surface area contributed by atoms with E-state index in [2.05, 4.69) is 16.6 Å². The van der Waals surface area contributed by atoms with Gasteiger partial charge in [0, 0.05) is 23.1 Å². The minimum Gasteiger partial charge on any atom is -0.282 e. The average molecular weight is 362 g/mol. The molecule has 1 aliphatic rings. The fourth-order valence-electron chi connectivity index (χ4n) is 1.98. The van der Waals surface area contributed by atoms with Crippen LogP contribution in [0.3, 0.4) is 0 Å². The predicted molar refractivity (Wildman–Crippen MR) is 98.1 cm³/mol. The predicted octanol–water partition coefficient (Wildman–Crippen LogP) is 4.59. The highest BCUT2D eigenvalue weighted by molar-refractivity contribution is 8.18. The topological polar surface area (TPSA) is 45.6 Å². The van der Waals surface area contributed by atoms with Crippen LogP contribution >= 0.6 is 34.7 Å². The molecule has 4 nitrogen and oxygen atoms in total. The maximum absolute atomic E-state index is 12.6. The molecule has 116 valence electrons. The first-order chi connectivity index (χ1) is 11.2. The summed E-state index contributed by atoms with van der Waals surface area (Å²) in [6.45, 7) is 4.11. The van der Waals surface area contributed by atoms with Crippen LogP contribution in [-0.2, 0) is 4.79 Å². The van der Waals surface area contributed by atoms with E-state index in [0.29, 0.717) is 26.8 Å². The minimum atomic E-state index is -0.0924. The van der Waals surface area contributed by atoms with E-state index in [0.717, 1.165) is 5.56 Å². The molecule has 1 aliphatic heterocycles. The van der Waals surface area contributed by atoms with Crippen molar-refractivity contribution in [1.29, 1.82) is 0 Å². The van der Waals surface area contributed by atoms with Crippen molar-refractivity contribution in [2.45, 2.75) is 0 Å². The van der Waals surface area contributed by atoms with Gasteiger partial charge in [0.1, 0.15) is 0 Å². The van der Waals surface area contributed by atoms with Gasteiger partial charge >= 0.3 is 0 Å². The zero-order chi connectivity index (χ0) is 16.2. The molecule has 0 unspecified atom stereocenters. The number of hydrogen-bond acceptors (Lipinski definition) is 5. The standard InChI is InChI=1S/C16H12ClN3OS2/c1-2-7-20-14(21)13(10-11-4-3-5-12(17)9-11)23-16(20)19-15-18-6-8-22-15/h2-6,8-10H,1,7H2/b13-10-,19-16+. The molecule has 0 aliphatic carbocycles. The maximum Gasteiger partial charge on any atom is 0.267 e. The van der Waals surface area contributed by atoms with Gasteiger partial charge in [-0.2, -0.15) is 4.99 Å². The van der Waals surface area contributed by atoms with Crippen molar-refractivity contribution in [2.24, 2.45) is 4.99 Å². The summed E-state index contributed by atoms with van der Waals surface area (Å²) < 4.78 is 0. The van der Waals surface area contributed by atoms with Crippen LogP contribution in [0.5, 0.6) is 0 Å². The molecule has 7 heteroatoms. The van der Waals surface area contributed by atoms with Gasteiger partial charge in [-0.15, -0.1) is 17.9 Å².